The summed E-state index contributed by atoms with van der Waals surface area (Å²) >= 11 is 0. The maximum atomic E-state index is 8.58. The molecule has 1 aliphatic rings. The molecule has 112 valence electrons. The Balaban J connectivity index is 0.000000443. The van der Waals surface area contributed by atoms with E-state index in [1.165, 1.54) is 38.5 Å². The molecule has 0 unspecified atom stereocenters. The average Bonchev–Trinajstić information content (AvgIpc) is 2.50. The minimum Gasteiger partial charge on any atom is -0.472 e. The summed E-state index contributed by atoms with van der Waals surface area (Å²) in [6, 6.07) is 0. The van der Waals surface area contributed by atoms with E-state index in [1.54, 1.807) is 0 Å². The van der Waals surface area contributed by atoms with Gasteiger partial charge in [-0.05, 0) is 0 Å². The van der Waals surface area contributed by atoms with Crippen LogP contribution in [0.2, 0.25) is 0 Å². The lowest BCUT2D eigenvalue weighted by molar-refractivity contribution is 0.254. The largest absolute Gasteiger partial charge is 0.472 e. The molecule has 1 saturated carbocycles. The first kappa shape index (κ1) is 18.1. The molecule has 1 aliphatic carbocycles. The van der Waals surface area contributed by atoms with Crippen molar-refractivity contribution in [3.05, 3.63) is 23.7 Å². The summed E-state index contributed by atoms with van der Waals surface area (Å²) < 4.78 is 4.76. The van der Waals surface area contributed by atoms with Crippen molar-refractivity contribution < 1.29 is 25.2 Å². The van der Waals surface area contributed by atoms with Crippen molar-refractivity contribution in [2.75, 3.05) is 26.4 Å². The van der Waals surface area contributed by atoms with Crippen LogP contribution in [0.25, 0.3) is 0 Å². The predicted octanol–water partition coefficient (Wildman–Crippen LogP) is 1.08. The van der Waals surface area contributed by atoms with Crippen LogP contribution in [-0.4, -0.2) is 46.9 Å². The monoisotopic (exact) mass is 274 g/mol. The van der Waals surface area contributed by atoms with Crippen molar-refractivity contribution in [1.29, 1.82) is 0 Å². The highest BCUT2D eigenvalue weighted by Gasteiger charge is 1.95. The number of ether oxygens (including phenoxy) is 1. The molecule has 0 atom stereocenters. The molecule has 5 nitrogen and oxygen atoms in total. The zero-order valence-electron chi connectivity index (χ0n) is 11.4. The molecule has 0 aromatic rings. The third-order valence-electron chi connectivity index (χ3n) is 2.78. The first-order valence-corrected chi connectivity index (χ1v) is 6.73. The number of aliphatic hydroxyl groups excluding tert-OH is 4. The second-order valence-electron chi connectivity index (χ2n) is 4.44. The first-order valence-electron chi connectivity index (χ1n) is 6.73. The Hall–Kier alpha value is -0.880. The van der Waals surface area contributed by atoms with Gasteiger partial charge in [0.25, 0.3) is 0 Å². The van der Waals surface area contributed by atoms with E-state index >= 15 is 0 Å². The Morgan fingerprint density at radius 3 is 1.11 bits per heavy atom. The Labute approximate surface area is 114 Å². The summed E-state index contributed by atoms with van der Waals surface area (Å²) in [5.41, 5.74) is 0.623. The van der Waals surface area contributed by atoms with Gasteiger partial charge in [0.05, 0.1) is 39.0 Å². The highest BCUT2D eigenvalue weighted by atomic mass is 16.5. The summed E-state index contributed by atoms with van der Waals surface area (Å²) in [5.74, 6) is 0. The van der Waals surface area contributed by atoms with E-state index in [2.05, 4.69) is 0 Å². The van der Waals surface area contributed by atoms with Crippen molar-refractivity contribution in [3.8, 4) is 0 Å². The van der Waals surface area contributed by atoms with Gasteiger partial charge in [-0.25, -0.2) is 0 Å². The second kappa shape index (κ2) is 13.5. The number of rotatable bonds is 6. The lowest BCUT2D eigenvalue weighted by Crippen LogP contribution is -1.98. The molecule has 0 aromatic heterocycles. The summed E-state index contributed by atoms with van der Waals surface area (Å²) in [7, 11) is 0. The van der Waals surface area contributed by atoms with Crippen molar-refractivity contribution in [2.45, 2.75) is 38.5 Å². The molecule has 0 heterocycles. The zero-order chi connectivity index (χ0) is 14.3. The Morgan fingerprint density at radius 1 is 0.632 bits per heavy atom. The molecular formula is C14H26O5. The van der Waals surface area contributed by atoms with Crippen LogP contribution in [0.15, 0.2) is 23.7 Å². The van der Waals surface area contributed by atoms with Gasteiger partial charge in [-0.2, -0.15) is 0 Å². The normalized spacial score (nSPS) is 13.9. The van der Waals surface area contributed by atoms with Gasteiger partial charge in [0.1, 0.15) is 0 Å². The molecule has 1 fully saturated rings. The fraction of sp³-hybridized carbons (Fsp3) is 0.714. The van der Waals surface area contributed by atoms with Crippen LogP contribution in [0, 0.1) is 0 Å². The van der Waals surface area contributed by atoms with Crippen molar-refractivity contribution >= 4 is 0 Å². The Kier molecular flexibility index (Phi) is 12.9. The third-order valence-corrected chi connectivity index (χ3v) is 2.78. The highest BCUT2D eigenvalue weighted by molar-refractivity contribution is 5.02. The number of hydrogen-bond acceptors (Lipinski definition) is 5. The van der Waals surface area contributed by atoms with Gasteiger partial charge in [-0.15, -0.1) is 0 Å². The summed E-state index contributed by atoms with van der Waals surface area (Å²) in [5, 5.41) is 34.3. The van der Waals surface area contributed by atoms with E-state index in [0.29, 0.717) is 11.1 Å². The lowest BCUT2D eigenvalue weighted by atomic mass is 10.0. The number of hydrogen-bond donors (Lipinski definition) is 4. The fourth-order valence-corrected chi connectivity index (χ4v) is 1.54. The Bertz CT molecular complexity index is 213. The molecule has 0 saturated heterocycles. The average molecular weight is 274 g/mol. The van der Waals surface area contributed by atoms with Crippen LogP contribution >= 0.6 is 0 Å². The highest BCUT2D eigenvalue weighted by Crippen LogP contribution is 2.15. The van der Waals surface area contributed by atoms with Gasteiger partial charge in [-0.1, -0.05) is 38.5 Å². The quantitative estimate of drug-likeness (QED) is 0.544. The minimum atomic E-state index is -0.294. The standard InChI is InChI=1S/C8H14O5.C6H12/c9-1-7(2-10)5-13-6-8(3-11)4-12;1-2-4-6-5-3-1/h5-6,9-12H,1-4H2;1-6H2. The molecule has 0 radical (unpaired) electrons. The van der Waals surface area contributed by atoms with Crippen LogP contribution < -0.4 is 0 Å². The molecular weight excluding hydrogens is 248 g/mol. The smallest absolute Gasteiger partial charge is 0.0939 e. The zero-order valence-corrected chi connectivity index (χ0v) is 11.4. The van der Waals surface area contributed by atoms with Crippen LogP contribution in [0.4, 0.5) is 0 Å². The van der Waals surface area contributed by atoms with Gasteiger partial charge < -0.3 is 25.2 Å². The Morgan fingerprint density at radius 2 is 0.895 bits per heavy atom. The van der Waals surface area contributed by atoms with Gasteiger partial charge in [0.15, 0.2) is 0 Å². The van der Waals surface area contributed by atoms with Crippen LogP contribution in [0.3, 0.4) is 0 Å². The van der Waals surface area contributed by atoms with Crippen LogP contribution in [0.1, 0.15) is 38.5 Å². The SMILES string of the molecule is C1CCCCC1.OCC(=COC=C(CO)CO)CO. The van der Waals surface area contributed by atoms with Crippen LogP contribution in [-0.2, 0) is 4.74 Å². The van der Waals surface area contributed by atoms with E-state index in [9.17, 15) is 0 Å². The minimum absolute atomic E-state index is 0.294. The molecule has 19 heavy (non-hydrogen) atoms. The van der Waals surface area contributed by atoms with Gasteiger partial charge in [0.2, 0.25) is 0 Å². The van der Waals surface area contributed by atoms with Crippen molar-refractivity contribution in [1.82, 2.24) is 0 Å². The molecule has 0 bridgehead atoms. The van der Waals surface area contributed by atoms with Crippen molar-refractivity contribution in [2.24, 2.45) is 0 Å². The molecule has 1 rings (SSSR count). The third kappa shape index (κ3) is 10.7. The molecule has 0 aliphatic heterocycles. The molecule has 0 spiro atoms. The van der Waals surface area contributed by atoms with Crippen molar-refractivity contribution in [3.63, 3.8) is 0 Å². The van der Waals surface area contributed by atoms with Gasteiger partial charge >= 0.3 is 0 Å². The second-order valence-corrected chi connectivity index (χ2v) is 4.44. The summed E-state index contributed by atoms with van der Waals surface area (Å²) in [6.07, 6.45) is 11.3. The van der Waals surface area contributed by atoms with E-state index < -0.39 is 0 Å². The maximum absolute atomic E-state index is 8.58. The van der Waals surface area contributed by atoms with Gasteiger partial charge in [-0.3, -0.25) is 0 Å². The van der Waals surface area contributed by atoms with E-state index in [4.69, 9.17) is 25.2 Å². The summed E-state index contributed by atoms with van der Waals surface area (Å²) in [4.78, 5) is 0. The number of aliphatic hydroxyl groups is 4. The molecule has 0 aromatic carbocycles. The predicted molar refractivity (Wildman–Crippen MR) is 73.3 cm³/mol. The fourth-order valence-electron chi connectivity index (χ4n) is 1.54. The first-order chi connectivity index (χ1) is 9.28. The van der Waals surface area contributed by atoms with E-state index in [0.717, 1.165) is 12.5 Å². The maximum Gasteiger partial charge on any atom is 0.0939 e. The van der Waals surface area contributed by atoms with Gasteiger partial charge in [0, 0.05) is 11.1 Å². The van der Waals surface area contributed by atoms with E-state index in [-0.39, 0.29) is 26.4 Å². The molecule has 5 heteroatoms. The summed E-state index contributed by atoms with van der Waals surface area (Å²) in [6.45, 7) is -1.17. The van der Waals surface area contributed by atoms with E-state index in [1.807, 2.05) is 0 Å². The topological polar surface area (TPSA) is 90.2 Å². The molecule has 0 amide bonds. The molecule has 4 N–H and O–H groups in total. The van der Waals surface area contributed by atoms with Crippen LogP contribution in [0.5, 0.6) is 0 Å². The lowest BCUT2D eigenvalue weighted by Gasteiger charge is -2.05.